The Labute approximate surface area is 74.0 Å². The summed E-state index contributed by atoms with van der Waals surface area (Å²) in [6.07, 6.45) is 0. The van der Waals surface area contributed by atoms with E-state index < -0.39 is 6.61 Å². The summed E-state index contributed by atoms with van der Waals surface area (Å²) < 4.78 is 27.8. The Morgan fingerprint density at radius 2 is 2.23 bits per heavy atom. The summed E-state index contributed by atoms with van der Waals surface area (Å²) in [6, 6.07) is 3.12. The monoisotopic (exact) mass is 189 g/mol. The Morgan fingerprint density at radius 1 is 1.54 bits per heavy atom. The first-order valence-corrected chi connectivity index (χ1v) is 3.65. The molecule has 0 aliphatic carbocycles. The maximum atomic E-state index is 11.8. The van der Waals surface area contributed by atoms with Gasteiger partial charge in [-0.1, -0.05) is 0 Å². The lowest BCUT2D eigenvalue weighted by molar-refractivity contribution is -0.0540. The summed E-state index contributed by atoms with van der Waals surface area (Å²) in [5, 5.41) is 8.76. The summed E-state index contributed by atoms with van der Waals surface area (Å²) in [7, 11) is 0. The van der Waals surface area contributed by atoms with E-state index >= 15 is 0 Å². The van der Waals surface area contributed by atoms with Crippen molar-refractivity contribution in [2.75, 3.05) is 0 Å². The van der Waals surface area contributed by atoms with E-state index in [9.17, 15) is 8.78 Å². The first kappa shape index (κ1) is 9.85. The number of aryl methyl sites for hydroxylation is 1. The Morgan fingerprint density at radius 3 is 2.77 bits per heavy atom. The fourth-order valence-electron chi connectivity index (χ4n) is 0.868. The molecule has 0 aliphatic rings. The third-order valence-electron chi connectivity index (χ3n) is 1.45. The molecule has 0 unspecified atom stereocenters. The highest BCUT2D eigenvalue weighted by Crippen LogP contribution is 2.17. The van der Waals surface area contributed by atoms with Crippen LogP contribution in [-0.4, -0.2) is 16.7 Å². The molecule has 0 bridgehead atoms. The zero-order chi connectivity index (χ0) is 9.84. The normalized spacial score (nSPS) is 10.5. The molecule has 0 fully saturated rings. The smallest absolute Gasteiger partial charge is 0.388 e. The Balaban J connectivity index is 2.94. The average molecular weight is 189 g/mol. The number of aliphatic hydroxyl groups excluding tert-OH is 1. The summed E-state index contributed by atoms with van der Waals surface area (Å²) in [6.45, 7) is -1.63. The molecule has 0 saturated carbocycles. The van der Waals surface area contributed by atoms with Crippen LogP contribution >= 0.6 is 0 Å². The van der Waals surface area contributed by atoms with Gasteiger partial charge in [0.25, 0.3) is 0 Å². The van der Waals surface area contributed by atoms with Crippen molar-refractivity contribution < 1.29 is 18.6 Å². The maximum Gasteiger partial charge on any atom is 0.388 e. The minimum atomic E-state index is -2.92. The molecule has 0 spiro atoms. The van der Waals surface area contributed by atoms with Crippen molar-refractivity contribution in [1.29, 1.82) is 0 Å². The molecule has 1 N–H and O–H groups in total. The van der Waals surface area contributed by atoms with Crippen molar-refractivity contribution in [1.82, 2.24) is 4.98 Å². The summed E-state index contributed by atoms with van der Waals surface area (Å²) in [5.41, 5.74) is 0.818. The van der Waals surface area contributed by atoms with Crippen molar-refractivity contribution >= 4 is 0 Å². The number of pyridine rings is 1. The fraction of sp³-hybridized carbons (Fsp3) is 0.375. The SMILES string of the molecule is Cc1ccc(CO)c(OC(F)F)n1. The van der Waals surface area contributed by atoms with Crippen molar-refractivity contribution in [3.63, 3.8) is 0 Å². The van der Waals surface area contributed by atoms with Crippen LogP contribution in [0.15, 0.2) is 12.1 Å². The summed E-state index contributed by atoms with van der Waals surface area (Å²) in [4.78, 5) is 3.72. The van der Waals surface area contributed by atoms with Gasteiger partial charge in [-0.25, -0.2) is 4.98 Å². The number of halogens is 2. The largest absolute Gasteiger partial charge is 0.417 e. The standard InChI is InChI=1S/C8H9F2NO2/c1-5-2-3-6(4-12)7(11-5)13-8(9)10/h2-3,8,12H,4H2,1H3. The van der Waals surface area contributed by atoms with Crippen molar-refractivity contribution in [2.24, 2.45) is 0 Å². The highest BCUT2D eigenvalue weighted by atomic mass is 19.3. The molecule has 0 aromatic carbocycles. The molecule has 0 aliphatic heterocycles. The molecule has 0 radical (unpaired) electrons. The van der Waals surface area contributed by atoms with Gasteiger partial charge in [-0.3, -0.25) is 0 Å². The van der Waals surface area contributed by atoms with E-state index in [2.05, 4.69) is 9.72 Å². The Kier molecular flexibility index (Phi) is 3.13. The number of aliphatic hydroxyl groups is 1. The molecule has 1 aromatic rings. The van der Waals surface area contributed by atoms with Crippen LogP contribution < -0.4 is 4.74 Å². The van der Waals surface area contributed by atoms with Gasteiger partial charge >= 0.3 is 6.61 Å². The molecule has 1 aromatic heterocycles. The molecule has 1 heterocycles. The van der Waals surface area contributed by atoms with Crippen LogP contribution in [-0.2, 0) is 6.61 Å². The molecular formula is C8H9F2NO2. The lowest BCUT2D eigenvalue weighted by Gasteiger charge is -2.07. The number of hydrogen-bond acceptors (Lipinski definition) is 3. The zero-order valence-corrected chi connectivity index (χ0v) is 7.00. The van der Waals surface area contributed by atoms with E-state index in [1.165, 1.54) is 6.07 Å². The highest BCUT2D eigenvalue weighted by Gasteiger charge is 2.10. The van der Waals surface area contributed by atoms with E-state index in [-0.39, 0.29) is 18.1 Å². The minimum absolute atomic E-state index is 0.211. The number of rotatable bonds is 3. The van der Waals surface area contributed by atoms with Crippen molar-refractivity contribution in [2.45, 2.75) is 20.1 Å². The van der Waals surface area contributed by atoms with Crippen LogP contribution in [0.2, 0.25) is 0 Å². The predicted molar refractivity (Wildman–Crippen MR) is 41.5 cm³/mol. The van der Waals surface area contributed by atoms with Gasteiger partial charge in [0.2, 0.25) is 5.88 Å². The van der Waals surface area contributed by atoms with Gasteiger partial charge < -0.3 is 9.84 Å². The van der Waals surface area contributed by atoms with Crippen LogP contribution in [0, 0.1) is 6.92 Å². The van der Waals surface area contributed by atoms with Crippen LogP contribution in [0.4, 0.5) is 8.78 Å². The van der Waals surface area contributed by atoms with Crippen LogP contribution in [0.5, 0.6) is 5.88 Å². The summed E-state index contributed by atoms with van der Waals surface area (Å²) >= 11 is 0. The molecule has 0 saturated heterocycles. The second-order valence-corrected chi connectivity index (χ2v) is 2.45. The lowest BCUT2D eigenvalue weighted by atomic mass is 10.2. The van der Waals surface area contributed by atoms with Gasteiger partial charge in [-0.15, -0.1) is 0 Å². The summed E-state index contributed by atoms with van der Waals surface area (Å²) in [5.74, 6) is -0.211. The zero-order valence-electron chi connectivity index (χ0n) is 7.00. The Bertz CT molecular complexity index is 291. The predicted octanol–water partition coefficient (Wildman–Crippen LogP) is 1.48. The van der Waals surface area contributed by atoms with Crippen molar-refractivity contribution in [3.05, 3.63) is 23.4 Å². The molecule has 0 atom stereocenters. The molecule has 0 amide bonds. The molecular weight excluding hydrogens is 180 g/mol. The minimum Gasteiger partial charge on any atom is -0.417 e. The van der Waals surface area contributed by atoms with Gasteiger partial charge in [0, 0.05) is 11.3 Å². The van der Waals surface area contributed by atoms with E-state index in [0.29, 0.717) is 5.69 Å². The first-order chi connectivity index (χ1) is 6.13. The van der Waals surface area contributed by atoms with Gasteiger partial charge in [0.15, 0.2) is 0 Å². The topological polar surface area (TPSA) is 42.4 Å². The molecule has 5 heteroatoms. The molecule has 72 valence electrons. The molecule has 13 heavy (non-hydrogen) atoms. The van der Waals surface area contributed by atoms with Crippen LogP contribution in [0.25, 0.3) is 0 Å². The number of hydrogen-bond donors (Lipinski definition) is 1. The van der Waals surface area contributed by atoms with E-state index in [1.807, 2.05) is 0 Å². The second-order valence-electron chi connectivity index (χ2n) is 2.45. The van der Waals surface area contributed by atoms with E-state index in [0.717, 1.165) is 0 Å². The third kappa shape index (κ3) is 2.62. The van der Waals surface area contributed by atoms with Crippen LogP contribution in [0.1, 0.15) is 11.3 Å². The van der Waals surface area contributed by atoms with Crippen molar-refractivity contribution in [3.8, 4) is 5.88 Å². The number of aromatic nitrogens is 1. The number of ether oxygens (including phenoxy) is 1. The first-order valence-electron chi connectivity index (χ1n) is 3.65. The van der Waals surface area contributed by atoms with E-state index in [1.54, 1.807) is 13.0 Å². The molecule has 3 nitrogen and oxygen atoms in total. The Hall–Kier alpha value is -1.23. The lowest BCUT2D eigenvalue weighted by Crippen LogP contribution is -2.06. The average Bonchev–Trinajstić information content (AvgIpc) is 2.03. The third-order valence-corrected chi connectivity index (χ3v) is 1.45. The second kappa shape index (κ2) is 4.13. The highest BCUT2D eigenvalue weighted by molar-refractivity contribution is 5.27. The molecule has 1 rings (SSSR count). The van der Waals surface area contributed by atoms with Gasteiger partial charge in [-0.05, 0) is 19.1 Å². The fourth-order valence-corrected chi connectivity index (χ4v) is 0.868. The van der Waals surface area contributed by atoms with Gasteiger partial charge in [-0.2, -0.15) is 8.78 Å². The van der Waals surface area contributed by atoms with Gasteiger partial charge in [0.1, 0.15) is 0 Å². The van der Waals surface area contributed by atoms with E-state index in [4.69, 9.17) is 5.11 Å². The quantitative estimate of drug-likeness (QED) is 0.783. The van der Waals surface area contributed by atoms with Gasteiger partial charge in [0.05, 0.1) is 6.61 Å². The number of alkyl halides is 2. The maximum absolute atomic E-state index is 11.8. The van der Waals surface area contributed by atoms with Crippen LogP contribution in [0.3, 0.4) is 0 Å². The number of nitrogens with zero attached hydrogens (tertiary/aromatic N) is 1.